The third-order valence-electron chi connectivity index (χ3n) is 2.51. The molecule has 0 saturated heterocycles. The third kappa shape index (κ3) is 1.84. The maximum Gasteiger partial charge on any atom is 0.246 e. The maximum absolute atomic E-state index is 11.7. The van der Waals surface area contributed by atoms with Crippen LogP contribution in [0.2, 0.25) is 0 Å². The number of hydrogen-bond donors (Lipinski definition) is 2. The first-order valence-corrected chi connectivity index (χ1v) is 5.06. The van der Waals surface area contributed by atoms with E-state index in [1.807, 2.05) is 24.3 Å². The highest BCUT2D eigenvalue weighted by Crippen LogP contribution is 2.28. The van der Waals surface area contributed by atoms with Crippen molar-refractivity contribution in [3.63, 3.8) is 0 Å². The summed E-state index contributed by atoms with van der Waals surface area (Å²) in [6.45, 7) is 0.294. The molecule has 5 heteroatoms. The number of nitrogens with one attached hydrogen (secondary N) is 2. The molecule has 0 bridgehead atoms. The predicted octanol–water partition coefficient (Wildman–Crippen LogP) is 0.191. The molecular formula is C11H13N3O2. The van der Waals surface area contributed by atoms with Gasteiger partial charge in [0, 0.05) is 7.05 Å². The third-order valence-corrected chi connectivity index (χ3v) is 2.51. The zero-order chi connectivity index (χ0) is 11.5. The van der Waals surface area contributed by atoms with Gasteiger partial charge in [0.1, 0.15) is 6.54 Å². The Morgan fingerprint density at radius 2 is 2.25 bits per heavy atom. The number of para-hydroxylation sites is 2. The van der Waals surface area contributed by atoms with Crippen molar-refractivity contribution in [3.05, 3.63) is 24.3 Å². The second-order valence-corrected chi connectivity index (χ2v) is 3.52. The van der Waals surface area contributed by atoms with Crippen LogP contribution < -0.4 is 15.5 Å². The number of carbonyl (C=O) groups is 2. The van der Waals surface area contributed by atoms with E-state index in [2.05, 4.69) is 10.6 Å². The molecule has 84 valence electrons. The molecular weight excluding hydrogens is 206 g/mol. The van der Waals surface area contributed by atoms with E-state index >= 15 is 0 Å². The average Bonchev–Trinajstić information content (AvgIpc) is 2.32. The van der Waals surface area contributed by atoms with E-state index in [4.69, 9.17) is 0 Å². The first-order chi connectivity index (χ1) is 7.72. The normalized spacial score (nSPS) is 14.1. The molecule has 0 aromatic heterocycles. The average molecular weight is 219 g/mol. The summed E-state index contributed by atoms with van der Waals surface area (Å²) in [5.74, 6) is -0.271. The molecule has 0 atom stereocenters. The van der Waals surface area contributed by atoms with E-state index in [0.29, 0.717) is 0 Å². The molecule has 1 aromatic carbocycles. The summed E-state index contributed by atoms with van der Waals surface area (Å²) in [6, 6.07) is 7.44. The first-order valence-electron chi connectivity index (χ1n) is 5.06. The number of benzene rings is 1. The summed E-state index contributed by atoms with van der Waals surface area (Å²) in [6.07, 6.45) is 0. The Hall–Kier alpha value is -2.04. The molecule has 1 aliphatic heterocycles. The van der Waals surface area contributed by atoms with Gasteiger partial charge in [-0.2, -0.15) is 0 Å². The van der Waals surface area contributed by atoms with Crippen molar-refractivity contribution in [2.75, 3.05) is 30.4 Å². The lowest BCUT2D eigenvalue weighted by molar-refractivity contribution is -0.123. The van der Waals surface area contributed by atoms with E-state index in [-0.39, 0.29) is 24.9 Å². The van der Waals surface area contributed by atoms with E-state index < -0.39 is 0 Å². The molecule has 1 aliphatic rings. The summed E-state index contributed by atoms with van der Waals surface area (Å²) in [7, 11) is 1.56. The highest BCUT2D eigenvalue weighted by atomic mass is 16.2. The Morgan fingerprint density at radius 3 is 3.00 bits per heavy atom. The summed E-state index contributed by atoms with van der Waals surface area (Å²) >= 11 is 0. The van der Waals surface area contributed by atoms with Gasteiger partial charge in [-0.1, -0.05) is 12.1 Å². The lowest BCUT2D eigenvalue weighted by Gasteiger charge is -2.29. The fraction of sp³-hybridized carbons (Fsp3) is 0.273. The number of rotatable bonds is 2. The number of fused-ring (bicyclic) bond motifs is 1. The Labute approximate surface area is 93.4 Å². The smallest absolute Gasteiger partial charge is 0.246 e. The van der Waals surface area contributed by atoms with Gasteiger partial charge in [0.05, 0.1) is 17.9 Å². The number of anilines is 2. The number of likely N-dealkylation sites (N-methyl/N-ethyl adjacent to an activating group) is 1. The summed E-state index contributed by atoms with van der Waals surface area (Å²) in [5, 5.41) is 5.52. The minimum Gasteiger partial charge on any atom is -0.374 e. The van der Waals surface area contributed by atoms with Crippen LogP contribution >= 0.6 is 0 Å². The molecule has 0 unspecified atom stereocenters. The van der Waals surface area contributed by atoms with Crippen molar-refractivity contribution < 1.29 is 9.59 Å². The Morgan fingerprint density at radius 1 is 1.50 bits per heavy atom. The van der Waals surface area contributed by atoms with Crippen molar-refractivity contribution in [3.8, 4) is 0 Å². The van der Waals surface area contributed by atoms with Crippen LogP contribution in [0.1, 0.15) is 0 Å². The van der Waals surface area contributed by atoms with Gasteiger partial charge in [0.2, 0.25) is 11.8 Å². The number of hydrogen-bond acceptors (Lipinski definition) is 3. The topological polar surface area (TPSA) is 61.4 Å². The van der Waals surface area contributed by atoms with E-state index in [0.717, 1.165) is 11.4 Å². The number of amides is 2. The van der Waals surface area contributed by atoms with E-state index in [1.54, 1.807) is 7.05 Å². The molecule has 16 heavy (non-hydrogen) atoms. The van der Waals surface area contributed by atoms with Gasteiger partial charge >= 0.3 is 0 Å². The summed E-state index contributed by atoms with van der Waals surface area (Å²) in [5.41, 5.74) is 1.63. The van der Waals surface area contributed by atoms with Crippen LogP contribution in [-0.2, 0) is 9.59 Å². The molecule has 2 N–H and O–H groups in total. The standard InChI is InChI=1S/C11H13N3O2/c1-12-10(15)7-14-9-5-3-2-4-8(9)13-6-11(14)16/h2-5,13H,6-7H2,1H3,(H,12,15). The van der Waals surface area contributed by atoms with Gasteiger partial charge in [0.15, 0.2) is 0 Å². The SMILES string of the molecule is CNC(=O)CN1C(=O)CNc2ccccc21. The number of nitrogens with zero attached hydrogens (tertiary/aromatic N) is 1. The zero-order valence-corrected chi connectivity index (χ0v) is 8.99. The second kappa shape index (κ2) is 4.22. The van der Waals surface area contributed by atoms with E-state index in [1.165, 1.54) is 4.90 Å². The van der Waals surface area contributed by atoms with Crippen LogP contribution in [0.25, 0.3) is 0 Å². The van der Waals surface area contributed by atoms with Gasteiger partial charge in [-0.3, -0.25) is 14.5 Å². The lowest BCUT2D eigenvalue weighted by Crippen LogP contribution is -2.45. The molecule has 1 heterocycles. The molecule has 2 amide bonds. The van der Waals surface area contributed by atoms with Crippen molar-refractivity contribution >= 4 is 23.2 Å². The van der Waals surface area contributed by atoms with Crippen LogP contribution in [-0.4, -0.2) is 32.0 Å². The molecule has 1 aromatic rings. The maximum atomic E-state index is 11.7. The fourth-order valence-corrected chi connectivity index (χ4v) is 1.66. The minimum atomic E-state index is -0.176. The van der Waals surface area contributed by atoms with Crippen molar-refractivity contribution in [2.45, 2.75) is 0 Å². The molecule has 0 fully saturated rings. The van der Waals surface area contributed by atoms with Gasteiger partial charge in [-0.15, -0.1) is 0 Å². The molecule has 0 saturated carbocycles. The van der Waals surface area contributed by atoms with Gasteiger partial charge in [-0.25, -0.2) is 0 Å². The highest BCUT2D eigenvalue weighted by Gasteiger charge is 2.24. The van der Waals surface area contributed by atoms with Crippen LogP contribution in [0.5, 0.6) is 0 Å². The molecule has 0 spiro atoms. The minimum absolute atomic E-state index is 0.0635. The predicted molar refractivity (Wildman–Crippen MR) is 61.4 cm³/mol. The van der Waals surface area contributed by atoms with Crippen LogP contribution in [0.15, 0.2) is 24.3 Å². The van der Waals surface area contributed by atoms with E-state index in [9.17, 15) is 9.59 Å². The van der Waals surface area contributed by atoms with Gasteiger partial charge < -0.3 is 10.6 Å². The van der Waals surface area contributed by atoms with Crippen LogP contribution in [0, 0.1) is 0 Å². The molecule has 0 radical (unpaired) electrons. The Bertz CT molecular complexity index is 431. The first kappa shape index (κ1) is 10.5. The monoisotopic (exact) mass is 219 g/mol. The molecule has 0 aliphatic carbocycles. The summed E-state index contributed by atoms with van der Waals surface area (Å²) in [4.78, 5) is 24.5. The van der Waals surface area contributed by atoms with Crippen molar-refractivity contribution in [2.24, 2.45) is 0 Å². The Balaban J connectivity index is 2.29. The Kier molecular flexibility index (Phi) is 2.76. The largest absolute Gasteiger partial charge is 0.374 e. The molecule has 2 rings (SSSR count). The van der Waals surface area contributed by atoms with Crippen molar-refractivity contribution in [1.82, 2.24) is 5.32 Å². The highest BCUT2D eigenvalue weighted by molar-refractivity contribution is 6.05. The fourth-order valence-electron chi connectivity index (χ4n) is 1.66. The van der Waals surface area contributed by atoms with Crippen LogP contribution in [0.3, 0.4) is 0 Å². The number of carbonyl (C=O) groups excluding carboxylic acids is 2. The van der Waals surface area contributed by atoms with Crippen molar-refractivity contribution in [1.29, 1.82) is 0 Å². The quantitative estimate of drug-likeness (QED) is 0.746. The molecule has 5 nitrogen and oxygen atoms in total. The summed E-state index contributed by atoms with van der Waals surface area (Å²) < 4.78 is 0. The van der Waals surface area contributed by atoms with Gasteiger partial charge in [0.25, 0.3) is 0 Å². The lowest BCUT2D eigenvalue weighted by atomic mass is 10.2. The van der Waals surface area contributed by atoms with Gasteiger partial charge in [-0.05, 0) is 12.1 Å². The zero-order valence-electron chi connectivity index (χ0n) is 8.99. The second-order valence-electron chi connectivity index (χ2n) is 3.52. The van der Waals surface area contributed by atoms with Crippen LogP contribution in [0.4, 0.5) is 11.4 Å².